The summed E-state index contributed by atoms with van der Waals surface area (Å²) in [5, 5.41) is -0.564. The van der Waals surface area contributed by atoms with Gasteiger partial charge in [-0.15, -0.1) is 0 Å². The maximum absolute atomic E-state index is 14.6. The van der Waals surface area contributed by atoms with Crippen LogP contribution in [0.5, 0.6) is 17.2 Å². The minimum absolute atomic E-state index is 0.369. The first-order chi connectivity index (χ1) is 12.8. The number of carbonyl (C=O) groups is 1. The summed E-state index contributed by atoms with van der Waals surface area (Å²) in [4.78, 5) is 11.9. The highest BCUT2D eigenvalue weighted by Crippen LogP contribution is 2.39. The molecule has 0 radical (unpaired) electrons. The molecule has 2 aromatic rings. The van der Waals surface area contributed by atoms with Crippen LogP contribution < -0.4 is 14.2 Å². The van der Waals surface area contributed by atoms with Crippen molar-refractivity contribution in [3.05, 3.63) is 52.3 Å². The van der Waals surface area contributed by atoms with Gasteiger partial charge in [-0.2, -0.15) is 17.6 Å². The Labute approximate surface area is 162 Å². The van der Waals surface area contributed by atoms with Crippen LogP contribution >= 0.6 is 11.6 Å². The third-order valence-corrected chi connectivity index (χ3v) is 4.15. The number of carbonyl (C=O) groups excluding carboxylic acids is 1. The number of rotatable bonds is 5. The molecule has 6 nitrogen and oxygen atoms in total. The van der Waals surface area contributed by atoms with Crippen LogP contribution in [0.25, 0.3) is 0 Å². The Kier molecular flexibility index (Phi) is 6.09. The molecule has 0 unspecified atom stereocenters. The molecular formula is C16H12ClF4NO5S. The van der Waals surface area contributed by atoms with Gasteiger partial charge in [-0.3, -0.25) is 4.79 Å². The summed E-state index contributed by atoms with van der Waals surface area (Å²) >= 11 is 5.51. The van der Waals surface area contributed by atoms with E-state index in [4.69, 9.17) is 21.1 Å². The van der Waals surface area contributed by atoms with Crippen LogP contribution in [0.1, 0.15) is 15.9 Å². The van der Waals surface area contributed by atoms with Crippen molar-refractivity contribution in [2.24, 2.45) is 0 Å². The predicted molar refractivity (Wildman–Crippen MR) is 91.8 cm³/mol. The van der Waals surface area contributed by atoms with E-state index in [9.17, 15) is 30.8 Å². The molecule has 0 aliphatic rings. The predicted octanol–water partition coefficient (Wildman–Crippen LogP) is 3.99. The van der Waals surface area contributed by atoms with E-state index in [1.54, 1.807) is 4.72 Å². The Bertz CT molecular complexity index is 1020. The molecule has 0 aliphatic heterocycles. The van der Waals surface area contributed by atoms with Crippen molar-refractivity contribution in [1.29, 1.82) is 0 Å². The number of sulfonamides is 1. The molecular weight excluding hydrogens is 430 g/mol. The zero-order valence-corrected chi connectivity index (χ0v) is 15.8. The molecule has 1 N–H and O–H groups in total. The molecule has 0 aromatic heterocycles. The second kappa shape index (κ2) is 7.84. The summed E-state index contributed by atoms with van der Waals surface area (Å²) in [5.41, 5.74) is -1.63. The topological polar surface area (TPSA) is 81.7 Å². The van der Waals surface area contributed by atoms with Gasteiger partial charge in [0, 0.05) is 0 Å². The lowest BCUT2D eigenvalue weighted by Crippen LogP contribution is -2.29. The first kappa shape index (κ1) is 21.8. The van der Waals surface area contributed by atoms with Crippen LogP contribution in [-0.2, 0) is 16.2 Å². The van der Waals surface area contributed by atoms with Gasteiger partial charge in [0.25, 0.3) is 5.91 Å². The minimum Gasteiger partial charge on any atom is -0.493 e. The van der Waals surface area contributed by atoms with Gasteiger partial charge in [0.2, 0.25) is 15.8 Å². The van der Waals surface area contributed by atoms with Crippen LogP contribution in [-0.4, -0.2) is 27.7 Å². The number of ether oxygens (including phenoxy) is 2. The van der Waals surface area contributed by atoms with Crippen molar-refractivity contribution < 1.29 is 40.2 Å². The Balaban J connectivity index is 2.42. The summed E-state index contributed by atoms with van der Waals surface area (Å²) in [5.74, 6) is -3.94. The third kappa shape index (κ3) is 5.04. The average Bonchev–Trinajstić information content (AvgIpc) is 2.55. The van der Waals surface area contributed by atoms with Gasteiger partial charge in [-0.1, -0.05) is 11.6 Å². The fourth-order valence-corrected chi connectivity index (χ4v) is 2.80. The van der Waals surface area contributed by atoms with Gasteiger partial charge in [0.15, 0.2) is 11.5 Å². The van der Waals surface area contributed by atoms with E-state index in [-0.39, 0.29) is 5.75 Å². The molecule has 0 aliphatic carbocycles. The highest BCUT2D eigenvalue weighted by Gasteiger charge is 2.33. The second-order valence-electron chi connectivity index (χ2n) is 5.40. The molecule has 0 fully saturated rings. The smallest absolute Gasteiger partial charge is 0.417 e. The largest absolute Gasteiger partial charge is 0.493 e. The van der Waals surface area contributed by atoms with E-state index in [0.717, 1.165) is 37.6 Å². The quantitative estimate of drug-likeness (QED) is 0.710. The first-order valence-corrected chi connectivity index (χ1v) is 9.53. The minimum atomic E-state index is -4.75. The van der Waals surface area contributed by atoms with Gasteiger partial charge >= 0.3 is 6.18 Å². The Morgan fingerprint density at radius 3 is 2.36 bits per heavy atom. The van der Waals surface area contributed by atoms with Crippen molar-refractivity contribution in [3.63, 3.8) is 0 Å². The number of halogens is 5. The first-order valence-electron chi connectivity index (χ1n) is 7.26. The van der Waals surface area contributed by atoms with Gasteiger partial charge in [-0.25, -0.2) is 13.1 Å². The summed E-state index contributed by atoms with van der Waals surface area (Å²) in [6.45, 7) is 0. The lowest BCUT2D eigenvalue weighted by Gasteiger charge is -2.14. The molecule has 0 saturated heterocycles. The number of nitrogens with one attached hydrogen (secondary N) is 1. The molecule has 28 heavy (non-hydrogen) atoms. The molecule has 12 heteroatoms. The monoisotopic (exact) mass is 441 g/mol. The van der Waals surface area contributed by atoms with Gasteiger partial charge in [-0.05, 0) is 30.3 Å². The maximum Gasteiger partial charge on any atom is 0.417 e. The Hall–Kier alpha value is -2.53. The van der Waals surface area contributed by atoms with E-state index in [1.807, 2.05) is 0 Å². The molecule has 2 aromatic carbocycles. The molecule has 0 saturated carbocycles. The van der Waals surface area contributed by atoms with Crippen LogP contribution in [0.2, 0.25) is 5.02 Å². The standard InChI is InChI=1S/C16H12ClF4NO5S/c1-26-14-9(15(23)22-28(2,24)25)4-6-12(13(14)18)27-8-3-5-11(17)10(7-8)16(19,20)21/h3-7H,1-2H3,(H,22,23). The van der Waals surface area contributed by atoms with Gasteiger partial charge < -0.3 is 9.47 Å². The maximum atomic E-state index is 14.6. The number of amides is 1. The van der Waals surface area contributed by atoms with E-state index >= 15 is 0 Å². The van der Waals surface area contributed by atoms with E-state index in [1.165, 1.54) is 0 Å². The van der Waals surface area contributed by atoms with Crippen molar-refractivity contribution in [1.82, 2.24) is 4.72 Å². The van der Waals surface area contributed by atoms with Crippen molar-refractivity contribution in [2.45, 2.75) is 6.18 Å². The van der Waals surface area contributed by atoms with Crippen LogP contribution in [0.3, 0.4) is 0 Å². The van der Waals surface area contributed by atoms with Crippen molar-refractivity contribution in [3.8, 4) is 17.2 Å². The van der Waals surface area contributed by atoms with Crippen LogP contribution in [0, 0.1) is 5.82 Å². The second-order valence-corrected chi connectivity index (χ2v) is 7.56. The molecule has 0 spiro atoms. The zero-order valence-electron chi connectivity index (χ0n) is 14.2. The lowest BCUT2D eigenvalue weighted by molar-refractivity contribution is -0.137. The van der Waals surface area contributed by atoms with Crippen molar-refractivity contribution in [2.75, 3.05) is 13.4 Å². The van der Waals surface area contributed by atoms with E-state index in [0.29, 0.717) is 6.07 Å². The Morgan fingerprint density at radius 2 is 1.82 bits per heavy atom. The van der Waals surface area contributed by atoms with E-state index < -0.39 is 55.6 Å². The highest BCUT2D eigenvalue weighted by molar-refractivity contribution is 7.89. The molecule has 1 amide bonds. The third-order valence-electron chi connectivity index (χ3n) is 3.26. The van der Waals surface area contributed by atoms with E-state index in [2.05, 4.69) is 0 Å². The van der Waals surface area contributed by atoms with Crippen molar-refractivity contribution >= 4 is 27.5 Å². The molecule has 0 heterocycles. The van der Waals surface area contributed by atoms with Gasteiger partial charge in [0.05, 0.1) is 29.5 Å². The highest BCUT2D eigenvalue weighted by atomic mass is 35.5. The summed E-state index contributed by atoms with van der Waals surface area (Å²) in [6.07, 6.45) is -4.02. The van der Waals surface area contributed by atoms with Crippen LogP contribution in [0.15, 0.2) is 30.3 Å². The fourth-order valence-electron chi connectivity index (χ4n) is 2.13. The molecule has 0 atom stereocenters. The molecule has 152 valence electrons. The fraction of sp³-hybridized carbons (Fsp3) is 0.188. The number of benzene rings is 2. The number of methoxy groups -OCH3 is 1. The number of alkyl halides is 3. The SMILES string of the molecule is COc1c(C(=O)NS(C)(=O)=O)ccc(Oc2ccc(Cl)c(C(F)(F)F)c2)c1F. The van der Waals surface area contributed by atoms with Crippen LogP contribution in [0.4, 0.5) is 17.6 Å². The summed E-state index contributed by atoms with van der Waals surface area (Å²) < 4.78 is 87.2. The molecule has 2 rings (SSSR count). The number of hydrogen-bond acceptors (Lipinski definition) is 5. The van der Waals surface area contributed by atoms with Gasteiger partial charge in [0.1, 0.15) is 5.75 Å². The number of hydrogen-bond donors (Lipinski definition) is 1. The lowest BCUT2D eigenvalue weighted by atomic mass is 10.1. The molecule has 0 bridgehead atoms. The summed E-state index contributed by atoms with van der Waals surface area (Å²) in [6, 6.07) is 4.55. The Morgan fingerprint density at radius 1 is 1.18 bits per heavy atom. The normalized spacial score (nSPS) is 11.8. The zero-order chi connectivity index (χ0) is 21.3. The average molecular weight is 442 g/mol. The summed E-state index contributed by atoms with van der Waals surface area (Å²) in [7, 11) is -2.90.